The molecule has 2 heterocycles. The lowest BCUT2D eigenvalue weighted by atomic mass is 10.0. The molecule has 2 aromatic carbocycles. The summed E-state index contributed by atoms with van der Waals surface area (Å²) in [6, 6.07) is 13.1. The number of anilines is 1. The molecular weight excluding hydrogens is 357 g/mol. The zero-order valence-electron chi connectivity index (χ0n) is 13.4. The lowest BCUT2D eigenvalue weighted by molar-refractivity contribution is -0.125. The first-order valence-corrected chi connectivity index (χ1v) is 8.32. The van der Waals surface area contributed by atoms with Crippen molar-refractivity contribution in [2.45, 2.75) is 12.5 Å². The van der Waals surface area contributed by atoms with Crippen LogP contribution in [0, 0.1) is 5.82 Å². The Labute approximate surface area is 153 Å². The predicted molar refractivity (Wildman–Crippen MR) is 97.8 cm³/mol. The number of oxime groups is 1. The molecule has 1 aliphatic rings. The number of hydrogen-bond acceptors (Lipinski definition) is 4. The maximum absolute atomic E-state index is 13.4. The van der Waals surface area contributed by atoms with E-state index in [1.165, 1.54) is 12.1 Å². The molecule has 1 atom stereocenters. The Balaban J connectivity index is 1.52. The Kier molecular flexibility index (Phi) is 4.26. The molecule has 26 heavy (non-hydrogen) atoms. The summed E-state index contributed by atoms with van der Waals surface area (Å²) in [6.45, 7) is 0. The molecule has 0 spiro atoms. The van der Waals surface area contributed by atoms with E-state index >= 15 is 0 Å². The van der Waals surface area contributed by atoms with Gasteiger partial charge in [0, 0.05) is 28.6 Å². The van der Waals surface area contributed by atoms with Crippen molar-refractivity contribution in [2.75, 3.05) is 5.32 Å². The van der Waals surface area contributed by atoms with Crippen molar-refractivity contribution < 1.29 is 14.0 Å². The molecule has 0 saturated carbocycles. The zero-order valence-corrected chi connectivity index (χ0v) is 14.2. The third-order valence-corrected chi connectivity index (χ3v) is 4.26. The summed E-state index contributed by atoms with van der Waals surface area (Å²) in [5.74, 6) is -0.732. The lowest BCUT2D eigenvalue weighted by Gasteiger charge is -2.11. The van der Waals surface area contributed by atoms with Crippen molar-refractivity contribution in [1.29, 1.82) is 0 Å². The molecule has 3 aromatic rings. The van der Waals surface area contributed by atoms with Crippen LogP contribution in [0.1, 0.15) is 12.0 Å². The number of carbonyl (C=O) groups excluding carboxylic acids is 1. The fourth-order valence-corrected chi connectivity index (χ4v) is 3.05. The summed E-state index contributed by atoms with van der Waals surface area (Å²) in [5, 5.41) is 8.02. The van der Waals surface area contributed by atoms with E-state index in [4.69, 9.17) is 16.4 Å². The van der Waals surface area contributed by atoms with Crippen LogP contribution in [0.2, 0.25) is 5.02 Å². The Morgan fingerprint density at radius 2 is 2.12 bits per heavy atom. The van der Waals surface area contributed by atoms with Gasteiger partial charge >= 0.3 is 0 Å². The predicted octanol–water partition coefficient (Wildman–Crippen LogP) is 4.16. The third kappa shape index (κ3) is 3.23. The van der Waals surface area contributed by atoms with Crippen molar-refractivity contribution in [2.24, 2.45) is 5.16 Å². The average Bonchev–Trinajstić information content (AvgIpc) is 3.12. The third-order valence-electron chi connectivity index (χ3n) is 4.05. The van der Waals surface area contributed by atoms with Gasteiger partial charge in [0.2, 0.25) is 6.10 Å². The van der Waals surface area contributed by atoms with Crippen LogP contribution in [-0.4, -0.2) is 22.7 Å². The average molecular weight is 370 g/mol. The van der Waals surface area contributed by atoms with Crippen LogP contribution in [-0.2, 0) is 9.63 Å². The van der Waals surface area contributed by atoms with Crippen molar-refractivity contribution >= 4 is 39.8 Å². The van der Waals surface area contributed by atoms with E-state index in [0.29, 0.717) is 27.5 Å². The van der Waals surface area contributed by atoms with Crippen LogP contribution in [0.15, 0.2) is 59.9 Å². The molecule has 1 amide bonds. The van der Waals surface area contributed by atoms with Crippen LogP contribution < -0.4 is 5.32 Å². The quantitative estimate of drug-likeness (QED) is 0.754. The number of rotatable bonds is 3. The minimum absolute atomic E-state index is 0.251. The van der Waals surface area contributed by atoms with E-state index in [2.05, 4.69) is 15.5 Å². The topological polar surface area (TPSA) is 63.6 Å². The number of amides is 1. The van der Waals surface area contributed by atoms with Crippen LogP contribution in [0.25, 0.3) is 10.9 Å². The van der Waals surface area contributed by atoms with Crippen LogP contribution in [0.3, 0.4) is 0 Å². The van der Waals surface area contributed by atoms with Crippen LogP contribution in [0.4, 0.5) is 10.1 Å². The molecule has 1 N–H and O–H groups in total. The van der Waals surface area contributed by atoms with Crippen molar-refractivity contribution in [3.05, 3.63) is 71.1 Å². The summed E-state index contributed by atoms with van der Waals surface area (Å²) in [6.07, 6.45) is 1.09. The molecule has 7 heteroatoms. The van der Waals surface area contributed by atoms with Gasteiger partial charge < -0.3 is 10.2 Å². The SMILES string of the molecule is O=C(Nc1cc(Cl)cc2cccnc12)[C@H]1CC(c2cccc(F)c2)=NO1. The second kappa shape index (κ2) is 6.72. The molecule has 1 aliphatic heterocycles. The molecule has 0 bridgehead atoms. The van der Waals surface area contributed by atoms with Crippen molar-refractivity contribution in [3.8, 4) is 0 Å². The summed E-state index contributed by atoms with van der Waals surface area (Å²) >= 11 is 6.12. The molecule has 0 radical (unpaired) electrons. The first kappa shape index (κ1) is 16.5. The van der Waals surface area contributed by atoms with Gasteiger partial charge in [-0.2, -0.15) is 0 Å². The normalized spacial score (nSPS) is 16.2. The molecule has 1 aromatic heterocycles. The van der Waals surface area contributed by atoms with E-state index in [-0.39, 0.29) is 18.1 Å². The first-order valence-electron chi connectivity index (χ1n) is 7.94. The second-order valence-electron chi connectivity index (χ2n) is 5.86. The van der Waals surface area contributed by atoms with Gasteiger partial charge in [-0.05, 0) is 30.3 Å². The maximum Gasteiger partial charge on any atom is 0.268 e. The van der Waals surface area contributed by atoms with Gasteiger partial charge in [0.1, 0.15) is 5.82 Å². The number of halogens is 2. The zero-order chi connectivity index (χ0) is 18.1. The highest BCUT2D eigenvalue weighted by molar-refractivity contribution is 6.32. The van der Waals surface area contributed by atoms with E-state index in [1.807, 2.05) is 6.07 Å². The Morgan fingerprint density at radius 3 is 2.96 bits per heavy atom. The van der Waals surface area contributed by atoms with Crippen molar-refractivity contribution in [3.63, 3.8) is 0 Å². The number of hydrogen-bond donors (Lipinski definition) is 1. The molecule has 0 aliphatic carbocycles. The summed E-state index contributed by atoms with van der Waals surface area (Å²) in [4.78, 5) is 22.1. The van der Waals surface area contributed by atoms with E-state index in [9.17, 15) is 9.18 Å². The summed E-state index contributed by atoms with van der Waals surface area (Å²) in [7, 11) is 0. The van der Waals surface area contributed by atoms with Gasteiger partial charge in [-0.15, -0.1) is 0 Å². The minimum atomic E-state index is -0.800. The molecule has 0 saturated heterocycles. The first-order chi connectivity index (χ1) is 12.6. The second-order valence-corrected chi connectivity index (χ2v) is 6.30. The Morgan fingerprint density at radius 1 is 1.23 bits per heavy atom. The minimum Gasteiger partial charge on any atom is -0.382 e. The number of fused-ring (bicyclic) bond motifs is 1. The van der Waals surface area contributed by atoms with Gasteiger partial charge in [0.05, 0.1) is 16.9 Å². The van der Waals surface area contributed by atoms with Crippen molar-refractivity contribution in [1.82, 2.24) is 4.98 Å². The van der Waals surface area contributed by atoms with Gasteiger partial charge in [-0.25, -0.2) is 4.39 Å². The fourth-order valence-electron chi connectivity index (χ4n) is 2.82. The molecule has 0 fully saturated rings. The molecular formula is C19H13ClFN3O2. The number of carbonyl (C=O) groups is 1. The highest BCUT2D eigenvalue weighted by atomic mass is 35.5. The number of nitrogens with zero attached hydrogens (tertiary/aromatic N) is 2. The summed E-state index contributed by atoms with van der Waals surface area (Å²) < 4.78 is 13.4. The molecule has 0 unspecified atom stereocenters. The molecule has 5 nitrogen and oxygen atoms in total. The van der Waals surface area contributed by atoms with E-state index in [0.717, 1.165) is 5.39 Å². The van der Waals surface area contributed by atoms with Gasteiger partial charge in [-0.3, -0.25) is 9.78 Å². The Hall–Kier alpha value is -2.99. The van der Waals surface area contributed by atoms with Crippen LogP contribution in [0.5, 0.6) is 0 Å². The number of pyridine rings is 1. The number of nitrogens with one attached hydrogen (secondary N) is 1. The lowest BCUT2D eigenvalue weighted by Crippen LogP contribution is -2.28. The van der Waals surface area contributed by atoms with Crippen LogP contribution >= 0.6 is 11.6 Å². The molecule has 130 valence electrons. The van der Waals surface area contributed by atoms with Gasteiger partial charge in [-0.1, -0.05) is 35.0 Å². The number of benzene rings is 2. The number of aromatic nitrogens is 1. The summed E-state index contributed by atoms with van der Waals surface area (Å²) in [5.41, 5.74) is 2.25. The fraction of sp³-hybridized carbons (Fsp3) is 0.105. The highest BCUT2D eigenvalue weighted by Gasteiger charge is 2.29. The van der Waals surface area contributed by atoms with Gasteiger partial charge in [0.25, 0.3) is 5.91 Å². The standard InChI is InChI=1S/C19H13ClFN3O2/c20-13-7-12-4-2-6-22-18(12)16(9-13)23-19(25)17-10-15(24-26-17)11-3-1-5-14(21)8-11/h1-9,17H,10H2,(H,23,25)/t17-/m1/s1. The Bertz CT molecular complexity index is 1040. The monoisotopic (exact) mass is 369 g/mol. The highest BCUT2D eigenvalue weighted by Crippen LogP contribution is 2.27. The van der Waals surface area contributed by atoms with Gasteiger partial charge in [0.15, 0.2) is 0 Å². The smallest absolute Gasteiger partial charge is 0.268 e. The largest absolute Gasteiger partial charge is 0.382 e. The maximum atomic E-state index is 13.4. The molecule has 4 rings (SSSR count). The van der Waals surface area contributed by atoms with E-state index in [1.54, 1.807) is 36.5 Å². The van der Waals surface area contributed by atoms with E-state index < -0.39 is 6.10 Å².